The lowest BCUT2D eigenvalue weighted by Crippen LogP contribution is -2.30. The summed E-state index contributed by atoms with van der Waals surface area (Å²) < 4.78 is 0. The van der Waals surface area contributed by atoms with Gasteiger partial charge in [-0.3, -0.25) is 0 Å². The van der Waals surface area contributed by atoms with E-state index in [1.165, 1.54) is 12.8 Å². The van der Waals surface area contributed by atoms with Crippen LogP contribution in [0.25, 0.3) is 0 Å². The zero-order valence-corrected chi connectivity index (χ0v) is 11.4. The second kappa shape index (κ2) is 6.48. The minimum Gasteiger partial charge on any atom is -0.327 e. The van der Waals surface area contributed by atoms with Gasteiger partial charge in [0, 0.05) is 6.04 Å². The largest absolute Gasteiger partial charge is 0.327 e. The molecule has 1 aromatic rings. The second-order valence-corrected chi connectivity index (χ2v) is 5.20. The molecule has 0 heterocycles. The lowest BCUT2D eigenvalue weighted by atomic mass is 9.92. The molecule has 0 saturated heterocycles. The number of halogens is 2. The summed E-state index contributed by atoms with van der Waals surface area (Å²) in [5.41, 5.74) is 7.30. The zero-order chi connectivity index (χ0) is 12.1. The number of nitrogens with two attached hydrogens (primary N) is 1. The molecule has 0 fully saturated rings. The van der Waals surface area contributed by atoms with Crippen LogP contribution in [0.4, 0.5) is 0 Å². The van der Waals surface area contributed by atoms with Gasteiger partial charge in [-0.15, -0.1) is 0 Å². The quantitative estimate of drug-likeness (QED) is 0.839. The van der Waals surface area contributed by atoms with Crippen molar-refractivity contribution in [1.82, 2.24) is 0 Å². The first-order valence-corrected chi connectivity index (χ1v) is 6.49. The maximum absolute atomic E-state index is 6.15. The highest BCUT2D eigenvalue weighted by Gasteiger charge is 2.12. The van der Waals surface area contributed by atoms with E-state index in [0.29, 0.717) is 16.0 Å². The second-order valence-electron chi connectivity index (χ2n) is 4.38. The number of rotatable bonds is 5. The van der Waals surface area contributed by atoms with Crippen molar-refractivity contribution in [2.75, 3.05) is 0 Å². The summed E-state index contributed by atoms with van der Waals surface area (Å²) in [6.45, 7) is 4.38. The first-order valence-electron chi connectivity index (χ1n) is 5.74. The highest BCUT2D eigenvalue weighted by atomic mass is 35.5. The van der Waals surface area contributed by atoms with Gasteiger partial charge in [-0.25, -0.2) is 0 Å². The first-order chi connectivity index (χ1) is 7.54. The smallest absolute Gasteiger partial charge is 0.0595 e. The fourth-order valence-corrected chi connectivity index (χ4v) is 2.13. The summed E-state index contributed by atoms with van der Waals surface area (Å²) in [5.74, 6) is 0.541. The topological polar surface area (TPSA) is 26.0 Å². The fraction of sp³-hybridized carbons (Fsp3) is 0.538. The molecule has 0 aliphatic rings. The molecule has 3 heteroatoms. The van der Waals surface area contributed by atoms with E-state index in [0.717, 1.165) is 12.0 Å². The van der Waals surface area contributed by atoms with Gasteiger partial charge in [0.2, 0.25) is 0 Å². The van der Waals surface area contributed by atoms with Crippen molar-refractivity contribution in [2.24, 2.45) is 11.7 Å². The molecule has 0 amide bonds. The minimum atomic E-state index is 0.192. The van der Waals surface area contributed by atoms with Crippen LogP contribution in [0.15, 0.2) is 18.2 Å². The molecule has 1 rings (SSSR count). The summed E-state index contributed by atoms with van der Waals surface area (Å²) in [6, 6.07) is 5.92. The Morgan fingerprint density at radius 3 is 2.50 bits per heavy atom. The third-order valence-electron chi connectivity index (χ3n) is 2.93. The normalized spacial score (nSPS) is 14.8. The predicted molar refractivity (Wildman–Crippen MR) is 72.2 cm³/mol. The van der Waals surface area contributed by atoms with E-state index in [9.17, 15) is 0 Å². The monoisotopic (exact) mass is 259 g/mol. The van der Waals surface area contributed by atoms with E-state index < -0.39 is 0 Å². The van der Waals surface area contributed by atoms with Gasteiger partial charge >= 0.3 is 0 Å². The lowest BCUT2D eigenvalue weighted by Gasteiger charge is -2.19. The van der Waals surface area contributed by atoms with Gasteiger partial charge in [0.15, 0.2) is 0 Å². The lowest BCUT2D eigenvalue weighted by molar-refractivity contribution is 0.420. The van der Waals surface area contributed by atoms with Crippen LogP contribution in [0.5, 0.6) is 0 Å². The Hall–Kier alpha value is -0.240. The molecule has 1 aromatic carbocycles. The predicted octanol–water partition coefficient (Wildman–Crippen LogP) is 4.30. The van der Waals surface area contributed by atoms with E-state index in [1.807, 2.05) is 18.2 Å². The van der Waals surface area contributed by atoms with Gasteiger partial charge in [0.25, 0.3) is 0 Å². The molecule has 0 aromatic heterocycles. The van der Waals surface area contributed by atoms with Crippen molar-refractivity contribution < 1.29 is 0 Å². The van der Waals surface area contributed by atoms with Crippen molar-refractivity contribution in [1.29, 1.82) is 0 Å². The van der Waals surface area contributed by atoms with E-state index >= 15 is 0 Å². The van der Waals surface area contributed by atoms with Crippen LogP contribution >= 0.6 is 23.2 Å². The Kier molecular flexibility index (Phi) is 5.60. The van der Waals surface area contributed by atoms with Gasteiger partial charge in [-0.2, -0.15) is 0 Å². The van der Waals surface area contributed by atoms with Crippen LogP contribution < -0.4 is 5.73 Å². The molecule has 0 spiro atoms. The van der Waals surface area contributed by atoms with Crippen LogP contribution in [0.2, 0.25) is 10.0 Å². The third-order valence-corrected chi connectivity index (χ3v) is 3.67. The van der Waals surface area contributed by atoms with Crippen LogP contribution in [0.1, 0.15) is 32.3 Å². The molecular weight excluding hydrogens is 241 g/mol. The molecule has 90 valence electrons. The number of benzene rings is 1. The molecule has 0 bridgehead atoms. The van der Waals surface area contributed by atoms with Gasteiger partial charge in [-0.05, 0) is 36.5 Å². The molecule has 1 nitrogen and oxygen atoms in total. The highest BCUT2D eigenvalue weighted by Crippen LogP contribution is 2.24. The number of hydrogen-bond donors (Lipinski definition) is 1. The number of hydrogen-bond acceptors (Lipinski definition) is 1. The van der Waals surface area contributed by atoms with E-state index in [4.69, 9.17) is 28.9 Å². The third kappa shape index (κ3) is 3.97. The molecule has 0 saturated carbocycles. The Balaban J connectivity index is 2.62. The summed E-state index contributed by atoms with van der Waals surface area (Å²) in [7, 11) is 0. The van der Waals surface area contributed by atoms with Crippen molar-refractivity contribution in [2.45, 2.75) is 39.2 Å². The Morgan fingerprint density at radius 1 is 1.25 bits per heavy atom. The van der Waals surface area contributed by atoms with Crippen molar-refractivity contribution in [3.05, 3.63) is 33.8 Å². The highest BCUT2D eigenvalue weighted by molar-refractivity contribution is 6.42. The maximum Gasteiger partial charge on any atom is 0.0595 e. The van der Waals surface area contributed by atoms with E-state index in [2.05, 4.69) is 13.8 Å². The van der Waals surface area contributed by atoms with Gasteiger partial charge in [0.05, 0.1) is 10.0 Å². The summed E-state index contributed by atoms with van der Waals surface area (Å²) in [4.78, 5) is 0. The average molecular weight is 260 g/mol. The molecule has 0 aliphatic heterocycles. The summed E-state index contributed by atoms with van der Waals surface area (Å²) in [6.07, 6.45) is 3.21. The molecule has 2 N–H and O–H groups in total. The zero-order valence-electron chi connectivity index (χ0n) is 9.84. The van der Waals surface area contributed by atoms with Crippen LogP contribution in [0, 0.1) is 5.92 Å². The Bertz CT molecular complexity index is 339. The van der Waals surface area contributed by atoms with Crippen LogP contribution in [-0.4, -0.2) is 6.04 Å². The molecule has 2 unspecified atom stereocenters. The minimum absolute atomic E-state index is 0.192. The molecule has 16 heavy (non-hydrogen) atoms. The van der Waals surface area contributed by atoms with Gasteiger partial charge in [0.1, 0.15) is 0 Å². The first kappa shape index (κ1) is 13.8. The molecular formula is C13H19Cl2N. The van der Waals surface area contributed by atoms with Crippen LogP contribution in [0.3, 0.4) is 0 Å². The summed E-state index contributed by atoms with van der Waals surface area (Å²) in [5, 5.41) is 1.20. The SMILES string of the molecule is CCCC(C)C(N)Cc1ccc(Cl)c(Cl)c1. The molecule has 0 aliphatic carbocycles. The Morgan fingerprint density at radius 2 is 1.94 bits per heavy atom. The van der Waals surface area contributed by atoms with Crippen molar-refractivity contribution >= 4 is 23.2 Å². The molecule has 0 radical (unpaired) electrons. The maximum atomic E-state index is 6.15. The summed E-state index contributed by atoms with van der Waals surface area (Å²) >= 11 is 11.8. The van der Waals surface area contributed by atoms with E-state index in [-0.39, 0.29) is 6.04 Å². The van der Waals surface area contributed by atoms with E-state index in [1.54, 1.807) is 0 Å². The fourth-order valence-electron chi connectivity index (χ4n) is 1.81. The van der Waals surface area contributed by atoms with Crippen molar-refractivity contribution in [3.63, 3.8) is 0 Å². The van der Waals surface area contributed by atoms with Gasteiger partial charge in [-0.1, -0.05) is 49.5 Å². The standard InChI is InChI=1S/C13H19Cl2N/c1-3-4-9(2)13(16)8-10-5-6-11(14)12(15)7-10/h5-7,9,13H,3-4,8,16H2,1-2H3. The Labute approximate surface area is 108 Å². The molecule has 2 atom stereocenters. The van der Waals surface area contributed by atoms with Crippen molar-refractivity contribution in [3.8, 4) is 0 Å². The van der Waals surface area contributed by atoms with Crippen LogP contribution in [-0.2, 0) is 6.42 Å². The van der Waals surface area contributed by atoms with Gasteiger partial charge < -0.3 is 5.73 Å². The average Bonchev–Trinajstić information content (AvgIpc) is 2.24.